The van der Waals surface area contributed by atoms with Crippen LogP contribution in [0.25, 0.3) is 0 Å². The summed E-state index contributed by atoms with van der Waals surface area (Å²) in [5.41, 5.74) is -1.31. The van der Waals surface area contributed by atoms with E-state index >= 15 is 0 Å². The summed E-state index contributed by atoms with van der Waals surface area (Å²) in [5, 5.41) is 8.87. The van der Waals surface area contributed by atoms with Gasteiger partial charge in [0.15, 0.2) is 0 Å². The average molecular weight is 330 g/mol. The fourth-order valence-electron chi connectivity index (χ4n) is 1.93. The summed E-state index contributed by atoms with van der Waals surface area (Å²) in [5.74, 6) is 0. The van der Waals surface area contributed by atoms with Gasteiger partial charge in [-0.25, -0.2) is 13.1 Å². The van der Waals surface area contributed by atoms with Crippen molar-refractivity contribution in [2.75, 3.05) is 0 Å². The van der Waals surface area contributed by atoms with E-state index in [1.165, 1.54) is 0 Å². The summed E-state index contributed by atoms with van der Waals surface area (Å²) in [6.45, 7) is 0. The lowest BCUT2D eigenvalue weighted by atomic mass is 9.91. The van der Waals surface area contributed by atoms with Gasteiger partial charge in [-0.3, -0.25) is 0 Å². The number of sulfonamides is 1. The summed E-state index contributed by atoms with van der Waals surface area (Å²) in [4.78, 5) is -0.865. The van der Waals surface area contributed by atoms with Crippen LogP contribution in [0.4, 0.5) is 13.2 Å². The van der Waals surface area contributed by atoms with E-state index in [1.807, 2.05) is 0 Å². The summed E-state index contributed by atoms with van der Waals surface area (Å²) >= 11 is 5.49. The van der Waals surface area contributed by atoms with Gasteiger partial charge in [0.2, 0.25) is 10.0 Å². The number of halogens is 4. The first kappa shape index (κ1) is 15.6. The Morgan fingerprint density at radius 2 is 1.90 bits per heavy atom. The first-order chi connectivity index (χ1) is 9.09. The highest BCUT2D eigenvalue weighted by Crippen LogP contribution is 2.36. The number of nitrogens with one attached hydrogen (secondary N) is 1. The van der Waals surface area contributed by atoms with E-state index in [9.17, 15) is 21.6 Å². The zero-order chi connectivity index (χ0) is 15.1. The van der Waals surface area contributed by atoms with Gasteiger partial charge >= 0.3 is 6.18 Å². The minimum atomic E-state index is -4.83. The normalized spacial score (nSPS) is 23.4. The van der Waals surface area contributed by atoms with Crippen LogP contribution in [-0.4, -0.2) is 25.7 Å². The van der Waals surface area contributed by atoms with Gasteiger partial charge in [0.1, 0.15) is 0 Å². The molecule has 0 amide bonds. The summed E-state index contributed by atoms with van der Waals surface area (Å²) in [6.07, 6.45) is -5.06. The molecule has 1 aromatic rings. The summed E-state index contributed by atoms with van der Waals surface area (Å²) < 4.78 is 64.7. The highest BCUT2D eigenvalue weighted by Gasteiger charge is 2.39. The number of rotatable bonds is 3. The van der Waals surface area contributed by atoms with Crippen LogP contribution in [0, 0.1) is 0 Å². The molecule has 1 aliphatic rings. The van der Waals surface area contributed by atoms with Crippen molar-refractivity contribution in [3.8, 4) is 0 Å². The van der Waals surface area contributed by atoms with Crippen LogP contribution < -0.4 is 4.72 Å². The summed E-state index contributed by atoms with van der Waals surface area (Å²) in [6, 6.07) is 1.93. The van der Waals surface area contributed by atoms with Crippen LogP contribution in [-0.2, 0) is 16.2 Å². The molecule has 0 radical (unpaired) electrons. The molecule has 0 aliphatic heterocycles. The van der Waals surface area contributed by atoms with E-state index in [0.29, 0.717) is 6.07 Å². The Kier molecular flexibility index (Phi) is 4.03. The smallest absolute Gasteiger partial charge is 0.393 e. The first-order valence-corrected chi connectivity index (χ1v) is 7.53. The van der Waals surface area contributed by atoms with Crippen LogP contribution in [0.1, 0.15) is 18.4 Å². The predicted molar refractivity (Wildman–Crippen MR) is 65.8 cm³/mol. The molecule has 0 unspecified atom stereocenters. The van der Waals surface area contributed by atoms with Crippen molar-refractivity contribution in [2.45, 2.75) is 36.1 Å². The molecule has 2 N–H and O–H groups in total. The fourth-order valence-corrected chi connectivity index (χ4v) is 3.57. The molecule has 0 heterocycles. The molecular formula is C11H11ClF3NO3S. The number of hydrogen-bond donors (Lipinski definition) is 2. The van der Waals surface area contributed by atoms with E-state index in [1.54, 1.807) is 0 Å². The SMILES string of the molecule is O=S(=O)(NC1CC(O)C1)c1ccc(Cl)cc1C(F)(F)F. The van der Waals surface area contributed by atoms with Crippen LogP contribution >= 0.6 is 11.6 Å². The molecule has 0 atom stereocenters. The average Bonchev–Trinajstić information content (AvgIpc) is 2.25. The number of hydrogen-bond acceptors (Lipinski definition) is 3. The summed E-state index contributed by atoms with van der Waals surface area (Å²) in [7, 11) is -4.31. The number of alkyl halides is 3. The molecule has 9 heteroatoms. The molecule has 2 rings (SSSR count). The van der Waals surface area contributed by atoms with Crippen molar-refractivity contribution in [1.29, 1.82) is 0 Å². The molecule has 1 aromatic carbocycles. The minimum absolute atomic E-state index is 0.189. The predicted octanol–water partition coefficient (Wildman–Crippen LogP) is 2.16. The fraction of sp³-hybridized carbons (Fsp3) is 0.455. The number of benzene rings is 1. The van der Waals surface area contributed by atoms with Gasteiger partial charge in [0, 0.05) is 11.1 Å². The highest BCUT2D eigenvalue weighted by atomic mass is 35.5. The van der Waals surface area contributed by atoms with E-state index in [-0.39, 0.29) is 17.9 Å². The van der Waals surface area contributed by atoms with Crippen LogP contribution in [0.15, 0.2) is 23.1 Å². The molecule has 112 valence electrons. The Labute approximate surface area is 118 Å². The zero-order valence-electron chi connectivity index (χ0n) is 9.98. The van der Waals surface area contributed by atoms with Crippen LogP contribution in [0.5, 0.6) is 0 Å². The van der Waals surface area contributed by atoms with Gasteiger partial charge in [-0.05, 0) is 31.0 Å². The number of aliphatic hydroxyl groups is 1. The lowest BCUT2D eigenvalue weighted by Crippen LogP contribution is -2.46. The van der Waals surface area contributed by atoms with Crippen molar-refractivity contribution in [2.24, 2.45) is 0 Å². The van der Waals surface area contributed by atoms with Crippen molar-refractivity contribution in [3.63, 3.8) is 0 Å². The zero-order valence-corrected chi connectivity index (χ0v) is 11.6. The second kappa shape index (κ2) is 5.18. The van der Waals surface area contributed by atoms with Gasteiger partial charge in [-0.2, -0.15) is 13.2 Å². The molecule has 0 bridgehead atoms. The Morgan fingerprint density at radius 1 is 1.30 bits per heavy atom. The van der Waals surface area contributed by atoms with Crippen molar-refractivity contribution in [1.82, 2.24) is 4.72 Å². The lowest BCUT2D eigenvalue weighted by molar-refractivity contribution is -0.139. The molecule has 4 nitrogen and oxygen atoms in total. The Hall–Kier alpha value is -0.830. The molecule has 0 spiro atoms. The molecule has 1 aliphatic carbocycles. The molecule has 1 saturated carbocycles. The Morgan fingerprint density at radius 3 is 2.40 bits per heavy atom. The maximum absolute atomic E-state index is 12.9. The second-order valence-electron chi connectivity index (χ2n) is 4.58. The molecular weight excluding hydrogens is 319 g/mol. The third kappa shape index (κ3) is 3.25. The van der Waals surface area contributed by atoms with Crippen molar-refractivity contribution < 1.29 is 26.7 Å². The Bertz CT molecular complexity index is 612. The highest BCUT2D eigenvalue weighted by molar-refractivity contribution is 7.89. The van der Waals surface area contributed by atoms with Gasteiger partial charge in [-0.15, -0.1) is 0 Å². The van der Waals surface area contributed by atoms with Gasteiger partial charge in [-0.1, -0.05) is 11.6 Å². The van der Waals surface area contributed by atoms with Gasteiger partial charge in [0.05, 0.1) is 16.6 Å². The van der Waals surface area contributed by atoms with E-state index < -0.39 is 38.8 Å². The third-order valence-electron chi connectivity index (χ3n) is 2.97. The standard InChI is InChI=1S/C11H11ClF3NO3S/c12-6-1-2-10(9(3-6)11(13,14)15)20(18,19)16-7-4-8(17)5-7/h1-3,7-8,16-17H,4-5H2. The van der Waals surface area contributed by atoms with Crippen LogP contribution in [0.2, 0.25) is 5.02 Å². The molecule has 1 fully saturated rings. The van der Waals surface area contributed by atoms with Crippen molar-refractivity contribution in [3.05, 3.63) is 28.8 Å². The van der Waals surface area contributed by atoms with E-state index in [2.05, 4.69) is 4.72 Å². The first-order valence-electron chi connectivity index (χ1n) is 5.67. The maximum atomic E-state index is 12.9. The van der Waals surface area contributed by atoms with Crippen LogP contribution in [0.3, 0.4) is 0 Å². The largest absolute Gasteiger partial charge is 0.417 e. The monoisotopic (exact) mass is 329 g/mol. The maximum Gasteiger partial charge on any atom is 0.417 e. The van der Waals surface area contributed by atoms with Gasteiger partial charge in [0.25, 0.3) is 0 Å². The minimum Gasteiger partial charge on any atom is -0.393 e. The van der Waals surface area contributed by atoms with E-state index in [4.69, 9.17) is 16.7 Å². The second-order valence-corrected chi connectivity index (χ2v) is 6.70. The van der Waals surface area contributed by atoms with Crippen molar-refractivity contribution >= 4 is 21.6 Å². The molecule has 0 aromatic heterocycles. The Balaban J connectivity index is 2.36. The van der Waals surface area contributed by atoms with E-state index in [0.717, 1.165) is 12.1 Å². The molecule has 20 heavy (non-hydrogen) atoms. The quantitative estimate of drug-likeness (QED) is 0.893. The third-order valence-corrected chi connectivity index (χ3v) is 4.79. The molecule has 0 saturated heterocycles. The topological polar surface area (TPSA) is 66.4 Å². The van der Waals surface area contributed by atoms with Gasteiger partial charge < -0.3 is 5.11 Å². The number of aliphatic hydroxyl groups excluding tert-OH is 1. The lowest BCUT2D eigenvalue weighted by Gasteiger charge is -2.31.